The fraction of sp³-hybridized carbons (Fsp3) is 0.455. The summed E-state index contributed by atoms with van der Waals surface area (Å²) in [5.41, 5.74) is 0.773. The Kier molecular flexibility index (Phi) is 2.58. The van der Waals surface area contributed by atoms with Crippen LogP contribution < -0.4 is 5.32 Å². The first-order chi connectivity index (χ1) is 7.15. The van der Waals surface area contributed by atoms with Gasteiger partial charge in [0.2, 0.25) is 5.91 Å². The Labute approximate surface area is 88.3 Å². The van der Waals surface area contributed by atoms with Crippen LogP contribution >= 0.6 is 0 Å². The standard InChI is InChI=1S/C11H14N2O2/c1-7-2-5-9(14)11(12-7)13-10(15)6-8-3-4-8/h2,5,8,14H,3-4,6H2,1H3,(H,12,13,15). The number of carbonyl (C=O) groups excluding carboxylic acids is 1. The van der Waals surface area contributed by atoms with E-state index in [1.54, 1.807) is 6.07 Å². The fourth-order valence-electron chi connectivity index (χ4n) is 1.41. The molecule has 2 rings (SSSR count). The summed E-state index contributed by atoms with van der Waals surface area (Å²) >= 11 is 0. The molecule has 1 aliphatic rings. The molecule has 1 fully saturated rings. The zero-order chi connectivity index (χ0) is 10.8. The quantitative estimate of drug-likeness (QED) is 0.793. The smallest absolute Gasteiger partial charge is 0.225 e. The van der Waals surface area contributed by atoms with Gasteiger partial charge >= 0.3 is 0 Å². The van der Waals surface area contributed by atoms with Crippen molar-refractivity contribution in [3.8, 4) is 5.75 Å². The van der Waals surface area contributed by atoms with Crippen LogP contribution in [-0.2, 0) is 4.79 Å². The number of hydrogen-bond donors (Lipinski definition) is 2. The molecule has 1 saturated carbocycles. The Morgan fingerprint density at radius 2 is 2.33 bits per heavy atom. The molecule has 1 aromatic heterocycles. The average Bonchev–Trinajstić information content (AvgIpc) is 2.95. The van der Waals surface area contributed by atoms with E-state index in [1.807, 2.05) is 6.92 Å². The lowest BCUT2D eigenvalue weighted by molar-refractivity contribution is -0.116. The number of aromatic nitrogens is 1. The number of hydrogen-bond acceptors (Lipinski definition) is 3. The van der Waals surface area contributed by atoms with Crippen molar-refractivity contribution in [3.05, 3.63) is 17.8 Å². The number of aryl methyl sites for hydroxylation is 1. The predicted octanol–water partition coefficient (Wildman–Crippen LogP) is 1.83. The van der Waals surface area contributed by atoms with Crippen molar-refractivity contribution in [2.24, 2.45) is 5.92 Å². The second-order valence-electron chi connectivity index (χ2n) is 4.02. The van der Waals surface area contributed by atoms with Crippen LogP contribution in [0.3, 0.4) is 0 Å². The highest BCUT2D eigenvalue weighted by atomic mass is 16.3. The third-order valence-electron chi connectivity index (χ3n) is 2.44. The fourth-order valence-corrected chi connectivity index (χ4v) is 1.41. The number of aromatic hydroxyl groups is 1. The van der Waals surface area contributed by atoms with E-state index < -0.39 is 0 Å². The molecular weight excluding hydrogens is 192 g/mol. The monoisotopic (exact) mass is 206 g/mol. The van der Waals surface area contributed by atoms with Gasteiger partial charge in [-0.3, -0.25) is 4.79 Å². The number of rotatable bonds is 3. The van der Waals surface area contributed by atoms with Gasteiger partial charge in [0, 0.05) is 12.1 Å². The van der Waals surface area contributed by atoms with Crippen LogP contribution in [0.1, 0.15) is 25.0 Å². The van der Waals surface area contributed by atoms with Crippen molar-refractivity contribution in [3.63, 3.8) is 0 Å². The summed E-state index contributed by atoms with van der Waals surface area (Å²) < 4.78 is 0. The molecule has 0 saturated heterocycles. The molecule has 0 aromatic carbocycles. The van der Waals surface area contributed by atoms with Crippen molar-refractivity contribution in [2.75, 3.05) is 5.32 Å². The van der Waals surface area contributed by atoms with Crippen molar-refractivity contribution in [1.82, 2.24) is 4.98 Å². The minimum Gasteiger partial charge on any atom is -0.504 e. The minimum atomic E-state index is -0.0640. The molecule has 0 radical (unpaired) electrons. The van der Waals surface area contributed by atoms with E-state index in [0.29, 0.717) is 12.3 Å². The number of anilines is 1. The van der Waals surface area contributed by atoms with Crippen LogP contribution in [0, 0.1) is 12.8 Å². The molecule has 4 nitrogen and oxygen atoms in total. The molecule has 0 unspecified atom stereocenters. The van der Waals surface area contributed by atoms with E-state index in [2.05, 4.69) is 10.3 Å². The normalized spacial score (nSPS) is 15.0. The second-order valence-corrected chi connectivity index (χ2v) is 4.02. The number of nitrogens with zero attached hydrogens (tertiary/aromatic N) is 1. The first-order valence-electron chi connectivity index (χ1n) is 5.11. The topological polar surface area (TPSA) is 62.2 Å². The first-order valence-corrected chi connectivity index (χ1v) is 5.11. The molecule has 0 spiro atoms. The van der Waals surface area contributed by atoms with Gasteiger partial charge in [-0.25, -0.2) is 4.98 Å². The molecular formula is C11H14N2O2. The Morgan fingerprint density at radius 1 is 1.60 bits per heavy atom. The molecule has 2 N–H and O–H groups in total. The lowest BCUT2D eigenvalue weighted by Crippen LogP contribution is -2.13. The van der Waals surface area contributed by atoms with Crippen molar-refractivity contribution < 1.29 is 9.90 Å². The maximum absolute atomic E-state index is 11.5. The molecule has 15 heavy (non-hydrogen) atoms. The summed E-state index contributed by atoms with van der Waals surface area (Å²) in [5.74, 6) is 0.758. The third-order valence-corrected chi connectivity index (χ3v) is 2.44. The number of carbonyl (C=O) groups is 1. The first kappa shape index (κ1) is 9.96. The van der Waals surface area contributed by atoms with Gasteiger partial charge in [-0.1, -0.05) is 0 Å². The summed E-state index contributed by atoms with van der Waals surface area (Å²) in [7, 11) is 0. The van der Waals surface area contributed by atoms with Gasteiger partial charge in [-0.05, 0) is 37.8 Å². The Morgan fingerprint density at radius 3 is 3.00 bits per heavy atom. The molecule has 4 heteroatoms. The Hall–Kier alpha value is -1.58. The van der Waals surface area contributed by atoms with Gasteiger partial charge in [-0.2, -0.15) is 0 Å². The summed E-state index contributed by atoms with van der Waals surface area (Å²) in [4.78, 5) is 15.5. The maximum atomic E-state index is 11.5. The summed E-state index contributed by atoms with van der Waals surface area (Å²) in [6.45, 7) is 1.82. The molecule has 0 aliphatic heterocycles. The van der Waals surface area contributed by atoms with Crippen LogP contribution in [0.2, 0.25) is 0 Å². The number of pyridine rings is 1. The maximum Gasteiger partial charge on any atom is 0.225 e. The lowest BCUT2D eigenvalue weighted by atomic mass is 10.3. The number of amides is 1. The highest BCUT2D eigenvalue weighted by Crippen LogP contribution is 2.32. The molecule has 80 valence electrons. The van der Waals surface area contributed by atoms with E-state index in [-0.39, 0.29) is 17.5 Å². The van der Waals surface area contributed by atoms with Crippen LogP contribution in [0.5, 0.6) is 5.75 Å². The van der Waals surface area contributed by atoms with E-state index >= 15 is 0 Å². The van der Waals surface area contributed by atoms with Gasteiger partial charge in [0.15, 0.2) is 11.6 Å². The zero-order valence-electron chi connectivity index (χ0n) is 8.66. The van der Waals surface area contributed by atoms with Gasteiger partial charge in [0.05, 0.1) is 0 Å². The number of nitrogens with one attached hydrogen (secondary N) is 1. The highest BCUT2D eigenvalue weighted by molar-refractivity contribution is 5.91. The van der Waals surface area contributed by atoms with Crippen LogP contribution in [0.4, 0.5) is 5.82 Å². The third kappa shape index (κ3) is 2.68. The van der Waals surface area contributed by atoms with Crippen LogP contribution in [0.15, 0.2) is 12.1 Å². The molecule has 1 amide bonds. The molecule has 1 aromatic rings. The minimum absolute atomic E-state index is 0.0183. The van der Waals surface area contributed by atoms with Crippen molar-refractivity contribution >= 4 is 11.7 Å². The van der Waals surface area contributed by atoms with Gasteiger partial charge < -0.3 is 10.4 Å². The van der Waals surface area contributed by atoms with Gasteiger partial charge in [0.1, 0.15) is 0 Å². The Balaban J connectivity index is 2.01. The SMILES string of the molecule is Cc1ccc(O)c(NC(=O)CC2CC2)n1. The van der Waals surface area contributed by atoms with E-state index in [1.165, 1.54) is 6.07 Å². The van der Waals surface area contributed by atoms with E-state index in [4.69, 9.17) is 0 Å². The van der Waals surface area contributed by atoms with Gasteiger partial charge in [-0.15, -0.1) is 0 Å². The zero-order valence-corrected chi connectivity index (χ0v) is 8.66. The van der Waals surface area contributed by atoms with Crippen molar-refractivity contribution in [2.45, 2.75) is 26.2 Å². The Bertz CT molecular complexity index is 386. The molecule has 0 atom stereocenters. The van der Waals surface area contributed by atoms with Crippen molar-refractivity contribution in [1.29, 1.82) is 0 Å². The summed E-state index contributed by atoms with van der Waals surface area (Å²) in [6, 6.07) is 3.24. The second kappa shape index (κ2) is 3.88. The summed E-state index contributed by atoms with van der Waals surface area (Å²) in [5, 5.41) is 12.1. The van der Waals surface area contributed by atoms with Crippen LogP contribution in [-0.4, -0.2) is 16.0 Å². The van der Waals surface area contributed by atoms with Crippen LogP contribution in [0.25, 0.3) is 0 Å². The molecule has 1 heterocycles. The predicted molar refractivity (Wildman–Crippen MR) is 56.6 cm³/mol. The molecule has 0 bridgehead atoms. The highest BCUT2D eigenvalue weighted by Gasteiger charge is 2.24. The van der Waals surface area contributed by atoms with Gasteiger partial charge in [0.25, 0.3) is 0 Å². The largest absolute Gasteiger partial charge is 0.504 e. The lowest BCUT2D eigenvalue weighted by Gasteiger charge is -2.06. The van der Waals surface area contributed by atoms with E-state index in [9.17, 15) is 9.90 Å². The van der Waals surface area contributed by atoms with E-state index in [0.717, 1.165) is 18.5 Å². The average molecular weight is 206 g/mol. The summed E-state index contributed by atoms with van der Waals surface area (Å²) in [6.07, 6.45) is 2.82. The molecule has 1 aliphatic carbocycles.